The monoisotopic (exact) mass is 272 g/mol. The molecule has 0 N–H and O–H groups in total. The van der Waals surface area contributed by atoms with Crippen molar-refractivity contribution in [1.29, 1.82) is 0 Å². The Bertz CT molecular complexity index is 8.00. The van der Waals surface area contributed by atoms with Gasteiger partial charge in [-0.1, -0.05) is 0 Å². The average Bonchev–Trinajstić information content (AvgIpc) is 0. The quantitative estimate of drug-likeness (QED) is 0.406. The molecule has 0 aromatic carbocycles. The second-order valence-electron chi connectivity index (χ2n) is 0. The SMILES string of the molecule is [BaH2].[CaH2].[Ni].[SiH4]. The Morgan fingerprint density at radius 1 is 1.00 bits per heavy atom. The van der Waals surface area contributed by atoms with Crippen LogP contribution in [-0.2, 0) is 16.5 Å². The van der Waals surface area contributed by atoms with E-state index < -0.39 is 0 Å². The summed E-state index contributed by atoms with van der Waals surface area (Å²) < 4.78 is 0. The molecule has 0 atom stereocenters. The molecule has 0 saturated heterocycles. The van der Waals surface area contributed by atoms with Gasteiger partial charge in [0.25, 0.3) is 0 Å². The van der Waals surface area contributed by atoms with E-state index in [1.54, 1.807) is 0 Å². The maximum absolute atomic E-state index is 0. The zero-order chi connectivity index (χ0) is 0. The van der Waals surface area contributed by atoms with Gasteiger partial charge in [0.05, 0.1) is 0 Å². The van der Waals surface area contributed by atoms with Crippen LogP contribution >= 0.6 is 0 Å². The van der Waals surface area contributed by atoms with Crippen LogP contribution in [0.4, 0.5) is 0 Å². The molecule has 0 nitrogen and oxygen atoms in total. The van der Waals surface area contributed by atoms with Crippen molar-refractivity contribution in [3.63, 3.8) is 0 Å². The molecule has 0 aromatic heterocycles. The fourth-order valence-corrected chi connectivity index (χ4v) is 0. The van der Waals surface area contributed by atoms with Crippen LogP contribution in [0, 0.1) is 0 Å². The topological polar surface area (TPSA) is 0 Å². The van der Waals surface area contributed by atoms with Gasteiger partial charge in [0.2, 0.25) is 0 Å². The van der Waals surface area contributed by atoms with Gasteiger partial charge in [-0.25, -0.2) is 0 Å². The van der Waals surface area contributed by atoms with Crippen LogP contribution in [0.25, 0.3) is 0 Å². The summed E-state index contributed by atoms with van der Waals surface area (Å²) in [5.74, 6) is 0. The Hall–Kier alpha value is 3.54. The normalized spacial score (nSPS) is 0. The van der Waals surface area contributed by atoms with Gasteiger partial charge < -0.3 is 0 Å². The summed E-state index contributed by atoms with van der Waals surface area (Å²) >= 11 is 0. The molecular formula is H8BaCaNiSi. The van der Waals surface area contributed by atoms with Crippen molar-refractivity contribution < 1.29 is 16.5 Å². The van der Waals surface area contributed by atoms with E-state index in [0.29, 0.717) is 0 Å². The zero-order valence-electron chi connectivity index (χ0n) is 0.316. The molecule has 0 radical (unpaired) electrons. The molecule has 0 unspecified atom stereocenters. The van der Waals surface area contributed by atoms with Crippen LogP contribution in [0.5, 0.6) is 0 Å². The van der Waals surface area contributed by atoms with Crippen LogP contribution in [0.3, 0.4) is 0 Å². The van der Waals surface area contributed by atoms with Crippen molar-refractivity contribution >= 4 is 97.6 Å². The third kappa shape index (κ3) is 9.11. The number of rotatable bonds is 0. The molecule has 0 aliphatic heterocycles. The van der Waals surface area contributed by atoms with Crippen molar-refractivity contribution in [1.82, 2.24) is 0 Å². The van der Waals surface area contributed by atoms with Crippen LogP contribution in [0.15, 0.2) is 0 Å². The first kappa shape index (κ1) is 25.7. The minimum atomic E-state index is 0. The van der Waals surface area contributed by atoms with Crippen molar-refractivity contribution in [3.05, 3.63) is 0 Å². The van der Waals surface area contributed by atoms with Gasteiger partial charge >= 0.3 is 86.6 Å². The van der Waals surface area contributed by atoms with E-state index in [1.165, 1.54) is 0 Å². The van der Waals surface area contributed by atoms with Crippen LogP contribution < -0.4 is 0 Å². The van der Waals surface area contributed by atoms with Crippen molar-refractivity contribution in [3.8, 4) is 0 Å². The first-order chi connectivity index (χ1) is 0. The van der Waals surface area contributed by atoms with E-state index in [4.69, 9.17) is 0 Å². The molecule has 0 aliphatic carbocycles. The van der Waals surface area contributed by atoms with E-state index in [0.717, 1.165) is 0 Å². The molecular weight excluding hydrogens is 264 g/mol. The fraction of sp³-hybridized carbons (Fsp3) is 0. The van der Waals surface area contributed by atoms with E-state index in [-0.39, 0.29) is 114 Å². The number of hydrogen-bond acceptors (Lipinski definition) is 0. The molecule has 0 heterocycles. The fourth-order valence-electron chi connectivity index (χ4n) is 0. The van der Waals surface area contributed by atoms with Gasteiger partial charge in [-0.05, 0) is 11.0 Å². The maximum Gasteiger partial charge on any atom is 0 e. The average molecular weight is 272 g/mol. The minimum Gasteiger partial charge on any atom is -0.0149 e. The molecule has 0 amide bonds. The minimum absolute atomic E-state index is 0. The standard InChI is InChI=1S/Ba.Ca.Ni.H4Si.4H/h;;;1H4;;;;. The first-order valence-electron chi connectivity index (χ1n) is 0. The van der Waals surface area contributed by atoms with Crippen LogP contribution in [-0.4, -0.2) is 97.6 Å². The first-order valence-corrected chi connectivity index (χ1v) is 0. The molecule has 26 valence electrons. The Labute approximate surface area is 111 Å². The second kappa shape index (κ2) is 16.0. The van der Waals surface area contributed by atoms with Crippen molar-refractivity contribution in [2.45, 2.75) is 0 Å². The van der Waals surface area contributed by atoms with Crippen molar-refractivity contribution in [2.75, 3.05) is 0 Å². The van der Waals surface area contributed by atoms with Gasteiger partial charge in [-0.2, -0.15) is 0 Å². The summed E-state index contributed by atoms with van der Waals surface area (Å²) in [4.78, 5) is 0. The van der Waals surface area contributed by atoms with E-state index in [1.807, 2.05) is 0 Å². The molecule has 0 spiro atoms. The Morgan fingerprint density at radius 3 is 1.00 bits per heavy atom. The van der Waals surface area contributed by atoms with Gasteiger partial charge in [0, 0.05) is 16.5 Å². The molecule has 0 saturated carbocycles. The summed E-state index contributed by atoms with van der Waals surface area (Å²) in [6.07, 6.45) is 0. The summed E-state index contributed by atoms with van der Waals surface area (Å²) in [6, 6.07) is 0. The molecule has 0 fully saturated rings. The smallest absolute Gasteiger partial charge is 0 e. The number of hydrogen-bond donors (Lipinski definition) is 0. The Kier molecular flexibility index (Phi) is 103. The van der Waals surface area contributed by atoms with E-state index >= 15 is 0 Å². The van der Waals surface area contributed by atoms with Crippen LogP contribution in [0.1, 0.15) is 0 Å². The largest absolute Gasteiger partial charge is 0.0149 e. The summed E-state index contributed by atoms with van der Waals surface area (Å²) in [7, 11) is 0. The molecule has 0 rings (SSSR count). The van der Waals surface area contributed by atoms with Gasteiger partial charge in [0.1, 0.15) is 0 Å². The third-order valence-corrected chi connectivity index (χ3v) is 0. The van der Waals surface area contributed by atoms with Crippen molar-refractivity contribution in [2.24, 2.45) is 0 Å². The Morgan fingerprint density at radius 2 is 1.00 bits per heavy atom. The zero-order valence-corrected chi connectivity index (χ0v) is 1.30. The predicted octanol–water partition coefficient (Wildman–Crippen LogP) is -3.29. The molecule has 0 aliphatic rings. The maximum atomic E-state index is 0. The van der Waals surface area contributed by atoms with Gasteiger partial charge in [-0.3, -0.25) is 0 Å². The Balaban J connectivity index is 0. The summed E-state index contributed by atoms with van der Waals surface area (Å²) in [5.41, 5.74) is 0. The van der Waals surface area contributed by atoms with E-state index in [9.17, 15) is 0 Å². The van der Waals surface area contributed by atoms with Crippen LogP contribution in [0.2, 0.25) is 0 Å². The molecule has 4 heteroatoms. The molecule has 4 heavy (non-hydrogen) atoms. The molecule has 0 bridgehead atoms. The summed E-state index contributed by atoms with van der Waals surface area (Å²) in [5, 5.41) is 0. The predicted molar refractivity (Wildman–Crippen MR) is 28.4 cm³/mol. The van der Waals surface area contributed by atoms with Gasteiger partial charge in [-0.15, -0.1) is 0 Å². The second-order valence-corrected chi connectivity index (χ2v) is 0. The molecule has 0 aromatic rings. The summed E-state index contributed by atoms with van der Waals surface area (Å²) in [6.45, 7) is 0. The van der Waals surface area contributed by atoms with E-state index in [2.05, 4.69) is 0 Å². The third-order valence-electron chi connectivity index (χ3n) is 0. The van der Waals surface area contributed by atoms with Gasteiger partial charge in [0.15, 0.2) is 0 Å².